The summed E-state index contributed by atoms with van der Waals surface area (Å²) in [6.07, 6.45) is -0.301. The molecule has 94 valence electrons. The number of carboxylic acid groups (broad SMARTS) is 1. The van der Waals surface area contributed by atoms with Crippen LogP contribution in [0.25, 0.3) is 0 Å². The SMILES string of the molecule is CN(CCC(=O)O)S(=O)(=O)c1cccc(F)c1. The van der Waals surface area contributed by atoms with Gasteiger partial charge < -0.3 is 5.11 Å². The lowest BCUT2D eigenvalue weighted by Gasteiger charge is -2.15. The first-order valence-electron chi connectivity index (χ1n) is 4.78. The van der Waals surface area contributed by atoms with Gasteiger partial charge in [0.15, 0.2) is 0 Å². The molecule has 0 aliphatic rings. The van der Waals surface area contributed by atoms with Crippen LogP contribution in [0.4, 0.5) is 4.39 Å². The van der Waals surface area contributed by atoms with E-state index in [2.05, 4.69) is 0 Å². The summed E-state index contributed by atoms with van der Waals surface area (Å²) < 4.78 is 37.5. The fraction of sp³-hybridized carbons (Fsp3) is 0.300. The molecular formula is C10H12FNO4S. The highest BCUT2D eigenvalue weighted by atomic mass is 32.2. The number of aliphatic carboxylic acids is 1. The Kier molecular flexibility index (Phi) is 4.19. The topological polar surface area (TPSA) is 74.7 Å². The average molecular weight is 261 g/mol. The number of hydrogen-bond donors (Lipinski definition) is 1. The summed E-state index contributed by atoms with van der Waals surface area (Å²) in [5.41, 5.74) is 0. The number of benzene rings is 1. The van der Waals surface area contributed by atoms with Crippen LogP contribution < -0.4 is 0 Å². The molecule has 0 aromatic heterocycles. The van der Waals surface area contributed by atoms with E-state index >= 15 is 0 Å². The third kappa shape index (κ3) is 3.50. The first kappa shape index (κ1) is 13.6. The second-order valence-electron chi connectivity index (χ2n) is 3.43. The van der Waals surface area contributed by atoms with Crippen molar-refractivity contribution < 1.29 is 22.7 Å². The van der Waals surface area contributed by atoms with E-state index in [1.54, 1.807) is 0 Å². The van der Waals surface area contributed by atoms with Gasteiger partial charge >= 0.3 is 5.97 Å². The zero-order valence-corrected chi connectivity index (χ0v) is 9.95. The highest BCUT2D eigenvalue weighted by Crippen LogP contribution is 2.15. The lowest BCUT2D eigenvalue weighted by molar-refractivity contribution is -0.137. The van der Waals surface area contributed by atoms with Crippen molar-refractivity contribution in [2.24, 2.45) is 0 Å². The van der Waals surface area contributed by atoms with Crippen LogP contribution in [0.5, 0.6) is 0 Å². The van der Waals surface area contributed by atoms with Crippen LogP contribution in [0.1, 0.15) is 6.42 Å². The molecular weight excluding hydrogens is 249 g/mol. The zero-order valence-electron chi connectivity index (χ0n) is 9.13. The molecule has 0 saturated heterocycles. The van der Waals surface area contributed by atoms with Gasteiger partial charge in [-0.15, -0.1) is 0 Å². The maximum atomic E-state index is 12.9. The third-order valence-electron chi connectivity index (χ3n) is 2.14. The van der Waals surface area contributed by atoms with Crippen molar-refractivity contribution in [3.05, 3.63) is 30.1 Å². The number of rotatable bonds is 5. The van der Waals surface area contributed by atoms with Gasteiger partial charge in [-0.1, -0.05) is 6.07 Å². The normalized spacial score (nSPS) is 11.7. The second kappa shape index (κ2) is 5.24. The Labute approximate surface area is 98.5 Å². The molecule has 1 aromatic carbocycles. The summed E-state index contributed by atoms with van der Waals surface area (Å²) in [5.74, 6) is -1.75. The van der Waals surface area contributed by atoms with Crippen molar-refractivity contribution in [3.8, 4) is 0 Å². The summed E-state index contributed by atoms with van der Waals surface area (Å²) in [6.45, 7) is -0.159. The van der Waals surface area contributed by atoms with Crippen LogP contribution in [0.2, 0.25) is 0 Å². The van der Waals surface area contributed by atoms with Crippen molar-refractivity contribution in [1.29, 1.82) is 0 Å². The Morgan fingerprint density at radius 3 is 2.65 bits per heavy atom. The van der Waals surface area contributed by atoms with Crippen molar-refractivity contribution in [2.75, 3.05) is 13.6 Å². The van der Waals surface area contributed by atoms with Crippen LogP contribution in [-0.4, -0.2) is 37.4 Å². The zero-order chi connectivity index (χ0) is 13.1. The Morgan fingerprint density at radius 1 is 1.47 bits per heavy atom. The third-order valence-corrected chi connectivity index (χ3v) is 4.00. The molecule has 0 bridgehead atoms. The van der Waals surface area contributed by atoms with Crippen LogP contribution in [-0.2, 0) is 14.8 Å². The number of nitrogens with zero attached hydrogens (tertiary/aromatic N) is 1. The number of sulfonamides is 1. The number of carboxylic acids is 1. The molecule has 5 nitrogen and oxygen atoms in total. The van der Waals surface area contributed by atoms with E-state index in [0.29, 0.717) is 0 Å². The van der Waals surface area contributed by atoms with Gasteiger partial charge in [0.05, 0.1) is 11.3 Å². The van der Waals surface area contributed by atoms with E-state index in [9.17, 15) is 17.6 Å². The first-order valence-corrected chi connectivity index (χ1v) is 6.22. The highest BCUT2D eigenvalue weighted by molar-refractivity contribution is 7.89. The number of halogens is 1. The Morgan fingerprint density at radius 2 is 2.12 bits per heavy atom. The molecule has 7 heteroatoms. The maximum Gasteiger partial charge on any atom is 0.304 e. The van der Waals surface area contributed by atoms with Crippen molar-refractivity contribution in [3.63, 3.8) is 0 Å². The number of carbonyl (C=O) groups is 1. The smallest absolute Gasteiger partial charge is 0.304 e. The molecule has 0 atom stereocenters. The van der Waals surface area contributed by atoms with Crippen LogP contribution >= 0.6 is 0 Å². The molecule has 0 unspecified atom stereocenters. The predicted octanol–water partition coefficient (Wildman–Crippen LogP) is 0.921. The molecule has 0 radical (unpaired) electrons. The first-order chi connectivity index (χ1) is 7.84. The van der Waals surface area contributed by atoms with Gasteiger partial charge in [0.1, 0.15) is 5.82 Å². The fourth-order valence-corrected chi connectivity index (χ4v) is 2.38. The molecule has 17 heavy (non-hydrogen) atoms. The molecule has 0 spiro atoms. The maximum absolute atomic E-state index is 12.9. The van der Waals surface area contributed by atoms with Crippen LogP contribution in [0.15, 0.2) is 29.2 Å². The Hall–Kier alpha value is -1.47. The largest absolute Gasteiger partial charge is 0.481 e. The summed E-state index contributed by atoms with van der Waals surface area (Å²) in [7, 11) is -2.57. The van der Waals surface area contributed by atoms with E-state index in [0.717, 1.165) is 16.4 Å². The lowest BCUT2D eigenvalue weighted by atomic mass is 10.4. The van der Waals surface area contributed by atoms with Crippen molar-refractivity contribution in [2.45, 2.75) is 11.3 Å². The second-order valence-corrected chi connectivity index (χ2v) is 5.47. The highest BCUT2D eigenvalue weighted by Gasteiger charge is 2.21. The van der Waals surface area contributed by atoms with Gasteiger partial charge in [-0.25, -0.2) is 17.1 Å². The molecule has 0 aliphatic heterocycles. The minimum atomic E-state index is -3.83. The minimum Gasteiger partial charge on any atom is -0.481 e. The van der Waals surface area contributed by atoms with Gasteiger partial charge in [0.25, 0.3) is 0 Å². The van der Waals surface area contributed by atoms with Crippen LogP contribution in [0, 0.1) is 5.82 Å². The van der Waals surface area contributed by atoms with Gasteiger partial charge in [-0.3, -0.25) is 4.79 Å². The molecule has 0 aliphatic carbocycles. The summed E-state index contributed by atoms with van der Waals surface area (Å²) in [6, 6.07) is 4.58. The molecule has 0 saturated carbocycles. The molecule has 1 rings (SSSR count). The van der Waals surface area contributed by atoms with Gasteiger partial charge in [0.2, 0.25) is 10.0 Å². The Bertz CT molecular complexity index is 515. The van der Waals surface area contributed by atoms with Crippen molar-refractivity contribution >= 4 is 16.0 Å². The fourth-order valence-electron chi connectivity index (χ4n) is 1.18. The average Bonchev–Trinajstić information content (AvgIpc) is 2.25. The van der Waals surface area contributed by atoms with Gasteiger partial charge in [-0.05, 0) is 18.2 Å². The van der Waals surface area contributed by atoms with Crippen LogP contribution in [0.3, 0.4) is 0 Å². The molecule has 0 amide bonds. The van der Waals surface area contributed by atoms with E-state index in [-0.39, 0.29) is 17.9 Å². The van der Waals surface area contributed by atoms with Crippen molar-refractivity contribution in [1.82, 2.24) is 4.31 Å². The van der Waals surface area contributed by atoms with Gasteiger partial charge in [0, 0.05) is 13.6 Å². The number of hydrogen-bond acceptors (Lipinski definition) is 3. The standard InChI is InChI=1S/C10H12FNO4S/c1-12(6-5-10(13)14)17(15,16)9-4-2-3-8(11)7-9/h2-4,7H,5-6H2,1H3,(H,13,14). The van der Waals surface area contributed by atoms with E-state index in [1.165, 1.54) is 19.2 Å². The molecule has 0 heterocycles. The summed E-state index contributed by atoms with van der Waals surface area (Å²) >= 11 is 0. The van der Waals surface area contributed by atoms with E-state index in [1.807, 2.05) is 0 Å². The minimum absolute atomic E-state index is 0.159. The molecule has 0 fully saturated rings. The van der Waals surface area contributed by atoms with Gasteiger partial charge in [-0.2, -0.15) is 0 Å². The predicted molar refractivity (Wildman–Crippen MR) is 58.5 cm³/mol. The quantitative estimate of drug-likeness (QED) is 0.855. The molecule has 1 N–H and O–H groups in total. The van der Waals surface area contributed by atoms with E-state index in [4.69, 9.17) is 5.11 Å². The van der Waals surface area contributed by atoms with E-state index < -0.39 is 21.8 Å². The summed E-state index contributed by atoms with van der Waals surface area (Å²) in [4.78, 5) is 10.2. The summed E-state index contributed by atoms with van der Waals surface area (Å²) in [5, 5.41) is 8.46. The molecule has 1 aromatic rings. The monoisotopic (exact) mass is 261 g/mol. The lowest BCUT2D eigenvalue weighted by Crippen LogP contribution is -2.29. The Balaban J connectivity index is 2.91.